The highest BCUT2D eigenvalue weighted by Crippen LogP contribution is 2.39. The van der Waals surface area contributed by atoms with Gasteiger partial charge in [0.05, 0.1) is 19.2 Å². The van der Waals surface area contributed by atoms with Crippen molar-refractivity contribution in [3.63, 3.8) is 0 Å². The molecule has 1 N–H and O–H groups in total. The lowest BCUT2D eigenvalue weighted by atomic mass is 9.95. The standard InChI is InChI=1S/C18H19NO2S/c1-2-21-17(20)11-19-18-14-8-4-3-7-13(14)12-22-16-10-6-5-9-15(16)18/h3-10,18-19H,2,11-12H2,1H3. The van der Waals surface area contributed by atoms with E-state index in [1.54, 1.807) is 0 Å². The van der Waals surface area contributed by atoms with E-state index in [-0.39, 0.29) is 18.6 Å². The summed E-state index contributed by atoms with van der Waals surface area (Å²) in [5.41, 5.74) is 3.77. The molecule has 0 saturated heterocycles. The van der Waals surface area contributed by atoms with Gasteiger partial charge in [0.25, 0.3) is 0 Å². The van der Waals surface area contributed by atoms with Gasteiger partial charge in [-0.15, -0.1) is 11.8 Å². The molecule has 1 unspecified atom stereocenters. The molecule has 0 amide bonds. The van der Waals surface area contributed by atoms with E-state index in [0.29, 0.717) is 6.61 Å². The van der Waals surface area contributed by atoms with Crippen LogP contribution in [0.2, 0.25) is 0 Å². The Morgan fingerprint density at radius 1 is 1.18 bits per heavy atom. The summed E-state index contributed by atoms with van der Waals surface area (Å²) < 4.78 is 5.03. The third kappa shape index (κ3) is 3.18. The average Bonchev–Trinajstić information content (AvgIpc) is 2.70. The summed E-state index contributed by atoms with van der Waals surface area (Å²) in [4.78, 5) is 13.0. The van der Waals surface area contributed by atoms with E-state index >= 15 is 0 Å². The van der Waals surface area contributed by atoms with Gasteiger partial charge in [0.1, 0.15) is 0 Å². The number of hydrogen-bond acceptors (Lipinski definition) is 4. The Hall–Kier alpha value is -1.78. The van der Waals surface area contributed by atoms with Crippen molar-refractivity contribution in [1.82, 2.24) is 5.32 Å². The molecule has 0 aliphatic carbocycles. The maximum atomic E-state index is 11.7. The van der Waals surface area contributed by atoms with Crippen LogP contribution in [0.25, 0.3) is 0 Å². The fraction of sp³-hybridized carbons (Fsp3) is 0.278. The Kier molecular flexibility index (Phi) is 4.80. The lowest BCUT2D eigenvalue weighted by Crippen LogP contribution is -2.30. The van der Waals surface area contributed by atoms with Crippen LogP contribution in [0.3, 0.4) is 0 Å². The second-order valence-corrected chi connectivity index (χ2v) is 6.16. The van der Waals surface area contributed by atoms with E-state index < -0.39 is 0 Å². The third-order valence-electron chi connectivity index (χ3n) is 3.74. The summed E-state index contributed by atoms with van der Waals surface area (Å²) in [5.74, 6) is 0.736. The molecule has 0 aromatic heterocycles. The van der Waals surface area contributed by atoms with Crippen molar-refractivity contribution in [1.29, 1.82) is 0 Å². The highest BCUT2D eigenvalue weighted by atomic mass is 32.2. The first-order chi connectivity index (χ1) is 10.8. The Labute approximate surface area is 135 Å². The third-order valence-corrected chi connectivity index (χ3v) is 4.87. The van der Waals surface area contributed by atoms with Crippen molar-refractivity contribution in [3.05, 3.63) is 65.2 Å². The maximum absolute atomic E-state index is 11.7. The van der Waals surface area contributed by atoms with Gasteiger partial charge in [0, 0.05) is 10.6 Å². The number of hydrogen-bond donors (Lipinski definition) is 1. The van der Waals surface area contributed by atoms with Crippen LogP contribution in [0.4, 0.5) is 0 Å². The molecular weight excluding hydrogens is 294 g/mol. The molecule has 0 radical (unpaired) electrons. The number of thioether (sulfide) groups is 1. The molecular formula is C18H19NO2S. The molecule has 114 valence electrons. The Balaban J connectivity index is 1.93. The van der Waals surface area contributed by atoms with Crippen LogP contribution in [0, 0.1) is 0 Å². The van der Waals surface area contributed by atoms with E-state index in [0.717, 1.165) is 5.75 Å². The van der Waals surface area contributed by atoms with Crippen molar-refractivity contribution in [2.75, 3.05) is 13.2 Å². The summed E-state index contributed by atoms with van der Waals surface area (Å²) in [7, 11) is 0. The zero-order valence-corrected chi connectivity index (χ0v) is 13.4. The molecule has 3 rings (SSSR count). The topological polar surface area (TPSA) is 38.3 Å². The number of esters is 1. The van der Waals surface area contributed by atoms with Crippen LogP contribution in [0.15, 0.2) is 53.4 Å². The van der Waals surface area contributed by atoms with Crippen molar-refractivity contribution in [2.24, 2.45) is 0 Å². The number of fused-ring (bicyclic) bond motifs is 2. The molecule has 22 heavy (non-hydrogen) atoms. The van der Waals surface area contributed by atoms with Crippen molar-refractivity contribution in [3.8, 4) is 0 Å². The molecule has 3 nitrogen and oxygen atoms in total. The average molecular weight is 313 g/mol. The minimum Gasteiger partial charge on any atom is -0.465 e. The number of benzene rings is 2. The Morgan fingerprint density at radius 3 is 2.73 bits per heavy atom. The lowest BCUT2D eigenvalue weighted by molar-refractivity contribution is -0.142. The highest BCUT2D eigenvalue weighted by molar-refractivity contribution is 7.98. The molecule has 0 saturated carbocycles. The SMILES string of the molecule is CCOC(=O)CNC1c2ccccc2CSc2ccccc21. The molecule has 2 aromatic carbocycles. The molecule has 1 atom stereocenters. The van der Waals surface area contributed by atoms with Crippen molar-refractivity contribution < 1.29 is 9.53 Å². The number of nitrogens with one attached hydrogen (secondary N) is 1. The summed E-state index contributed by atoms with van der Waals surface area (Å²) in [6.45, 7) is 2.45. The van der Waals surface area contributed by atoms with Crippen LogP contribution >= 0.6 is 11.8 Å². The largest absolute Gasteiger partial charge is 0.465 e. The zero-order valence-electron chi connectivity index (χ0n) is 12.5. The monoisotopic (exact) mass is 313 g/mol. The molecule has 1 aliphatic rings. The fourth-order valence-electron chi connectivity index (χ4n) is 2.74. The summed E-state index contributed by atoms with van der Waals surface area (Å²) in [6, 6.07) is 16.8. The van der Waals surface area contributed by atoms with Gasteiger partial charge in [-0.1, -0.05) is 42.5 Å². The van der Waals surface area contributed by atoms with Gasteiger partial charge < -0.3 is 4.74 Å². The summed E-state index contributed by atoms with van der Waals surface area (Å²) in [5, 5.41) is 3.37. The minimum absolute atomic E-state index is 0.0202. The predicted molar refractivity (Wildman–Crippen MR) is 88.9 cm³/mol. The predicted octanol–water partition coefficient (Wildman–Crippen LogP) is 3.53. The van der Waals surface area contributed by atoms with Gasteiger partial charge in [0.15, 0.2) is 0 Å². The maximum Gasteiger partial charge on any atom is 0.319 e. The van der Waals surface area contributed by atoms with Crippen molar-refractivity contribution in [2.45, 2.75) is 23.6 Å². The van der Waals surface area contributed by atoms with Crippen LogP contribution in [0.5, 0.6) is 0 Å². The van der Waals surface area contributed by atoms with E-state index in [1.807, 2.05) is 24.8 Å². The first-order valence-electron chi connectivity index (χ1n) is 7.48. The Bertz CT molecular complexity index is 624. The molecule has 0 fully saturated rings. The number of rotatable bonds is 4. The van der Waals surface area contributed by atoms with Crippen LogP contribution in [0.1, 0.15) is 29.7 Å². The molecule has 0 spiro atoms. The quantitative estimate of drug-likeness (QED) is 0.876. The number of carbonyl (C=O) groups is 1. The second-order valence-electron chi connectivity index (χ2n) is 5.14. The van der Waals surface area contributed by atoms with Gasteiger partial charge >= 0.3 is 5.97 Å². The molecule has 1 heterocycles. The second kappa shape index (κ2) is 6.99. The lowest BCUT2D eigenvalue weighted by Gasteiger charge is -2.21. The Morgan fingerprint density at radius 2 is 1.91 bits per heavy atom. The van der Waals surface area contributed by atoms with Gasteiger partial charge in [-0.05, 0) is 29.7 Å². The van der Waals surface area contributed by atoms with E-state index in [4.69, 9.17) is 4.74 Å². The summed E-state index contributed by atoms with van der Waals surface area (Å²) >= 11 is 1.84. The molecule has 4 heteroatoms. The van der Waals surface area contributed by atoms with Gasteiger partial charge in [-0.25, -0.2) is 0 Å². The van der Waals surface area contributed by atoms with Crippen molar-refractivity contribution >= 4 is 17.7 Å². The van der Waals surface area contributed by atoms with Gasteiger partial charge in [0.2, 0.25) is 0 Å². The van der Waals surface area contributed by atoms with Crippen LogP contribution in [-0.4, -0.2) is 19.1 Å². The van der Waals surface area contributed by atoms with Gasteiger partial charge in [-0.3, -0.25) is 10.1 Å². The van der Waals surface area contributed by atoms with E-state index in [9.17, 15) is 4.79 Å². The molecule has 1 aliphatic heterocycles. The summed E-state index contributed by atoms with van der Waals surface area (Å²) in [6.07, 6.45) is 0. The molecule has 2 aromatic rings. The van der Waals surface area contributed by atoms with Crippen LogP contribution < -0.4 is 5.32 Å². The zero-order chi connectivity index (χ0) is 15.4. The smallest absolute Gasteiger partial charge is 0.319 e. The van der Waals surface area contributed by atoms with Gasteiger partial charge in [-0.2, -0.15) is 0 Å². The minimum atomic E-state index is -0.214. The fourth-order valence-corrected chi connectivity index (χ4v) is 3.84. The highest BCUT2D eigenvalue weighted by Gasteiger charge is 2.23. The molecule has 0 bridgehead atoms. The van der Waals surface area contributed by atoms with E-state index in [2.05, 4.69) is 47.8 Å². The normalized spacial score (nSPS) is 16.3. The number of carbonyl (C=O) groups excluding carboxylic acids is 1. The van der Waals surface area contributed by atoms with Crippen LogP contribution in [-0.2, 0) is 15.3 Å². The first kappa shape index (κ1) is 15.1. The first-order valence-corrected chi connectivity index (χ1v) is 8.46. The number of ether oxygens (including phenoxy) is 1. The van der Waals surface area contributed by atoms with E-state index in [1.165, 1.54) is 21.6 Å².